The molecule has 4 atom stereocenters. The molecule has 0 spiro atoms. The van der Waals surface area contributed by atoms with E-state index in [4.69, 9.17) is 10.5 Å². The number of hydrogen-bond acceptors (Lipinski definition) is 3. The first-order valence-electron chi connectivity index (χ1n) is 6.71. The Bertz CT molecular complexity index is 317. The summed E-state index contributed by atoms with van der Waals surface area (Å²) in [4.78, 5) is 11.6. The summed E-state index contributed by atoms with van der Waals surface area (Å²) in [5.41, 5.74) is 5.97. The van der Waals surface area contributed by atoms with E-state index in [1.54, 1.807) is 7.11 Å². The largest absolute Gasteiger partial charge is 0.377 e. The molecule has 1 saturated heterocycles. The van der Waals surface area contributed by atoms with E-state index in [0.717, 1.165) is 12.8 Å². The molecule has 0 aromatic carbocycles. The summed E-state index contributed by atoms with van der Waals surface area (Å²) in [6.07, 6.45) is 6.46. The predicted octanol–water partition coefficient (Wildman–Crippen LogP) is 1.60. The van der Waals surface area contributed by atoms with Gasteiger partial charge in [-0.05, 0) is 20.3 Å². The topological polar surface area (TPSA) is 64.4 Å². The van der Waals surface area contributed by atoms with Crippen LogP contribution in [0.2, 0.25) is 0 Å². The number of hydrogen-bond donors (Lipinski definition) is 2. The van der Waals surface area contributed by atoms with Crippen LogP contribution < -0.4 is 11.1 Å². The van der Waals surface area contributed by atoms with Gasteiger partial charge in [-0.2, -0.15) is 0 Å². The summed E-state index contributed by atoms with van der Waals surface area (Å²) in [6, 6.07) is -0.236. The third kappa shape index (κ3) is 3.12. The van der Waals surface area contributed by atoms with Gasteiger partial charge in [0, 0.05) is 19.4 Å². The molecular formula is C14H26N2O2. The molecule has 0 aromatic heterocycles. The zero-order valence-corrected chi connectivity index (χ0v) is 11.9. The Labute approximate surface area is 110 Å². The number of ether oxygens (including phenoxy) is 1. The maximum atomic E-state index is 11.6. The molecule has 104 valence electrons. The van der Waals surface area contributed by atoms with Gasteiger partial charge in [-0.25, -0.2) is 0 Å². The molecular weight excluding hydrogens is 228 g/mol. The van der Waals surface area contributed by atoms with Crippen LogP contribution in [0, 0.1) is 5.92 Å². The van der Waals surface area contributed by atoms with Crippen LogP contribution in [0.5, 0.6) is 0 Å². The van der Waals surface area contributed by atoms with E-state index in [-0.39, 0.29) is 23.9 Å². The Morgan fingerprint density at radius 1 is 1.67 bits per heavy atom. The fourth-order valence-electron chi connectivity index (χ4n) is 2.76. The molecule has 0 aromatic rings. The molecule has 1 heterocycles. The van der Waals surface area contributed by atoms with Gasteiger partial charge in [0.05, 0.1) is 17.7 Å². The Kier molecular flexibility index (Phi) is 5.35. The van der Waals surface area contributed by atoms with Crippen molar-refractivity contribution in [3.8, 4) is 0 Å². The average Bonchev–Trinajstić information content (AvgIpc) is 2.70. The van der Waals surface area contributed by atoms with Gasteiger partial charge in [-0.15, -0.1) is 0 Å². The van der Waals surface area contributed by atoms with Gasteiger partial charge in [-0.1, -0.05) is 25.5 Å². The van der Waals surface area contributed by atoms with Crippen molar-refractivity contribution in [1.82, 2.24) is 5.32 Å². The highest BCUT2D eigenvalue weighted by Crippen LogP contribution is 2.29. The lowest BCUT2D eigenvalue weighted by molar-refractivity contribution is -0.119. The van der Waals surface area contributed by atoms with E-state index in [0.29, 0.717) is 6.42 Å². The molecule has 4 nitrogen and oxygen atoms in total. The Morgan fingerprint density at radius 2 is 2.33 bits per heavy atom. The Morgan fingerprint density at radius 3 is 2.83 bits per heavy atom. The highest BCUT2D eigenvalue weighted by Gasteiger charge is 2.43. The number of rotatable bonds is 6. The summed E-state index contributed by atoms with van der Waals surface area (Å²) in [5, 5.41) is 2.99. The fourth-order valence-corrected chi connectivity index (χ4v) is 2.76. The second kappa shape index (κ2) is 6.34. The standard InChI is InChI=1S/C14H26N2O2/c1-5-7-10-9-11(17)16-12(10)13(15)14(3,18-4)8-6-2/h5,7,10,12-13H,6,8-9,15H2,1-4H3,(H,16,17)/t10-,12-,13-,14+/m1/s1. The molecule has 0 unspecified atom stereocenters. The summed E-state index contributed by atoms with van der Waals surface area (Å²) in [5.74, 6) is 0.248. The van der Waals surface area contributed by atoms with Crippen molar-refractivity contribution in [3.05, 3.63) is 12.2 Å². The summed E-state index contributed by atoms with van der Waals surface area (Å²) < 4.78 is 5.61. The number of methoxy groups -OCH3 is 1. The zero-order chi connectivity index (χ0) is 13.8. The van der Waals surface area contributed by atoms with Crippen LogP contribution in [0.25, 0.3) is 0 Å². The number of amides is 1. The first-order valence-corrected chi connectivity index (χ1v) is 6.71. The quantitative estimate of drug-likeness (QED) is 0.708. The fraction of sp³-hybridized carbons (Fsp3) is 0.786. The molecule has 4 heteroatoms. The first kappa shape index (κ1) is 15.2. The average molecular weight is 254 g/mol. The molecule has 1 amide bonds. The SMILES string of the molecule is CC=C[C@@H]1CC(=O)N[C@H]1[C@@H](N)[C@](C)(CCC)OC. The Hall–Kier alpha value is -0.870. The van der Waals surface area contributed by atoms with Crippen molar-refractivity contribution >= 4 is 5.91 Å². The molecule has 18 heavy (non-hydrogen) atoms. The first-order chi connectivity index (χ1) is 8.48. The predicted molar refractivity (Wildman–Crippen MR) is 73.1 cm³/mol. The molecule has 0 saturated carbocycles. The zero-order valence-electron chi connectivity index (χ0n) is 11.9. The molecule has 0 bridgehead atoms. The molecule has 1 fully saturated rings. The summed E-state index contributed by atoms with van der Waals surface area (Å²) in [6.45, 7) is 6.10. The normalized spacial score (nSPS) is 29.3. The molecule has 1 aliphatic heterocycles. The summed E-state index contributed by atoms with van der Waals surface area (Å²) >= 11 is 0. The van der Waals surface area contributed by atoms with Crippen LogP contribution in [0.1, 0.15) is 40.0 Å². The van der Waals surface area contributed by atoms with Crippen molar-refractivity contribution in [3.63, 3.8) is 0 Å². The van der Waals surface area contributed by atoms with E-state index in [9.17, 15) is 4.79 Å². The van der Waals surface area contributed by atoms with Gasteiger partial charge in [-0.3, -0.25) is 4.79 Å². The van der Waals surface area contributed by atoms with Gasteiger partial charge >= 0.3 is 0 Å². The second-order valence-electron chi connectivity index (χ2n) is 5.28. The highest BCUT2D eigenvalue weighted by atomic mass is 16.5. The smallest absolute Gasteiger partial charge is 0.220 e. The van der Waals surface area contributed by atoms with Crippen molar-refractivity contribution in [2.24, 2.45) is 11.7 Å². The van der Waals surface area contributed by atoms with Gasteiger partial charge in [0.1, 0.15) is 0 Å². The van der Waals surface area contributed by atoms with Crippen molar-refractivity contribution in [2.45, 2.75) is 57.7 Å². The van der Waals surface area contributed by atoms with Crippen molar-refractivity contribution in [1.29, 1.82) is 0 Å². The van der Waals surface area contributed by atoms with Gasteiger partial charge in [0.2, 0.25) is 5.91 Å². The van der Waals surface area contributed by atoms with E-state index >= 15 is 0 Å². The maximum Gasteiger partial charge on any atom is 0.220 e. The number of carbonyl (C=O) groups excluding carboxylic acids is 1. The number of carbonyl (C=O) groups is 1. The molecule has 1 aliphatic rings. The monoisotopic (exact) mass is 254 g/mol. The second-order valence-corrected chi connectivity index (χ2v) is 5.28. The Balaban J connectivity index is 2.86. The number of allylic oxidation sites excluding steroid dienone is 1. The minimum Gasteiger partial charge on any atom is -0.377 e. The molecule has 3 N–H and O–H groups in total. The van der Waals surface area contributed by atoms with Crippen molar-refractivity contribution in [2.75, 3.05) is 7.11 Å². The van der Waals surface area contributed by atoms with E-state index < -0.39 is 5.60 Å². The maximum absolute atomic E-state index is 11.6. The van der Waals surface area contributed by atoms with Gasteiger partial charge in [0.25, 0.3) is 0 Å². The minimum absolute atomic E-state index is 0.0369. The van der Waals surface area contributed by atoms with Crippen LogP contribution in [-0.4, -0.2) is 30.7 Å². The number of nitrogens with one attached hydrogen (secondary N) is 1. The highest BCUT2D eigenvalue weighted by molar-refractivity contribution is 5.79. The number of nitrogens with two attached hydrogens (primary N) is 1. The van der Waals surface area contributed by atoms with Crippen LogP contribution in [0.4, 0.5) is 0 Å². The molecule has 0 radical (unpaired) electrons. The lowest BCUT2D eigenvalue weighted by Crippen LogP contribution is -2.58. The van der Waals surface area contributed by atoms with Crippen LogP contribution >= 0.6 is 0 Å². The van der Waals surface area contributed by atoms with E-state index in [2.05, 4.69) is 18.3 Å². The van der Waals surface area contributed by atoms with Crippen LogP contribution in [-0.2, 0) is 9.53 Å². The molecule has 1 rings (SSSR count). The lowest BCUT2D eigenvalue weighted by Gasteiger charge is -2.38. The van der Waals surface area contributed by atoms with Gasteiger partial charge < -0.3 is 15.8 Å². The third-order valence-electron chi connectivity index (χ3n) is 3.95. The van der Waals surface area contributed by atoms with Crippen LogP contribution in [0.15, 0.2) is 12.2 Å². The van der Waals surface area contributed by atoms with Crippen molar-refractivity contribution < 1.29 is 9.53 Å². The third-order valence-corrected chi connectivity index (χ3v) is 3.95. The lowest BCUT2D eigenvalue weighted by atomic mass is 9.82. The van der Waals surface area contributed by atoms with Gasteiger partial charge in [0.15, 0.2) is 0 Å². The van der Waals surface area contributed by atoms with E-state index in [1.807, 2.05) is 19.9 Å². The summed E-state index contributed by atoms with van der Waals surface area (Å²) in [7, 11) is 1.69. The van der Waals surface area contributed by atoms with E-state index in [1.165, 1.54) is 0 Å². The molecule has 0 aliphatic carbocycles. The van der Waals surface area contributed by atoms with Crippen LogP contribution in [0.3, 0.4) is 0 Å². The minimum atomic E-state index is -0.392.